The van der Waals surface area contributed by atoms with Crippen LogP contribution in [0.4, 0.5) is 5.82 Å². The van der Waals surface area contributed by atoms with E-state index in [1.165, 1.54) is 5.56 Å². The first-order valence-corrected chi connectivity index (χ1v) is 9.45. The number of nitrogens with zero attached hydrogens (tertiary/aromatic N) is 3. The van der Waals surface area contributed by atoms with Gasteiger partial charge in [-0.3, -0.25) is 4.79 Å². The minimum atomic E-state index is 0.0439. The molecule has 2 aliphatic heterocycles. The van der Waals surface area contributed by atoms with Gasteiger partial charge < -0.3 is 15.5 Å². The summed E-state index contributed by atoms with van der Waals surface area (Å²) >= 11 is 0. The molecule has 1 fully saturated rings. The number of rotatable bonds is 4. The third-order valence-electron chi connectivity index (χ3n) is 5.16. The molecule has 2 N–H and O–H groups in total. The lowest BCUT2D eigenvalue weighted by molar-refractivity contribution is -0.124. The number of nitrogens with one attached hydrogen (secondary N) is 2. The van der Waals surface area contributed by atoms with E-state index in [9.17, 15) is 4.79 Å². The second kappa shape index (κ2) is 7.41. The van der Waals surface area contributed by atoms with Crippen LogP contribution in [0.3, 0.4) is 0 Å². The van der Waals surface area contributed by atoms with Crippen LogP contribution in [0.5, 0.6) is 0 Å². The van der Waals surface area contributed by atoms with Crippen LogP contribution in [0.25, 0.3) is 11.4 Å². The molecule has 0 radical (unpaired) electrons. The Morgan fingerprint density at radius 3 is 2.96 bits per heavy atom. The molecule has 4 rings (SSSR count). The third kappa shape index (κ3) is 3.29. The molecule has 0 bridgehead atoms. The zero-order chi connectivity index (χ0) is 17.9. The number of hydrogen-bond donors (Lipinski definition) is 2. The highest BCUT2D eigenvalue weighted by molar-refractivity contribution is 5.80. The van der Waals surface area contributed by atoms with Crippen molar-refractivity contribution in [3.8, 4) is 11.4 Å². The van der Waals surface area contributed by atoms with Crippen molar-refractivity contribution in [1.29, 1.82) is 0 Å². The Bertz CT molecular complexity index is 792. The number of amides is 1. The van der Waals surface area contributed by atoms with Crippen molar-refractivity contribution in [2.45, 2.75) is 26.3 Å². The molecular weight excluding hydrogens is 326 g/mol. The van der Waals surface area contributed by atoms with Crippen LogP contribution in [-0.4, -0.2) is 42.1 Å². The average molecular weight is 351 g/mol. The summed E-state index contributed by atoms with van der Waals surface area (Å²) in [5.74, 6) is 1.98. The van der Waals surface area contributed by atoms with Crippen LogP contribution in [0.1, 0.15) is 24.6 Å². The third-order valence-corrected chi connectivity index (χ3v) is 5.16. The molecule has 0 saturated carbocycles. The maximum atomic E-state index is 12.2. The summed E-state index contributed by atoms with van der Waals surface area (Å²) in [6.07, 6.45) is 1.81. The van der Waals surface area contributed by atoms with Gasteiger partial charge in [0.2, 0.25) is 5.91 Å². The van der Waals surface area contributed by atoms with Crippen LogP contribution in [0.2, 0.25) is 0 Å². The number of anilines is 1. The molecule has 1 saturated heterocycles. The number of carbonyl (C=O) groups excluding carboxylic acids is 1. The van der Waals surface area contributed by atoms with Crippen molar-refractivity contribution in [3.05, 3.63) is 41.6 Å². The van der Waals surface area contributed by atoms with Crippen molar-refractivity contribution in [2.24, 2.45) is 5.92 Å². The van der Waals surface area contributed by atoms with Crippen LogP contribution >= 0.6 is 0 Å². The molecule has 136 valence electrons. The molecule has 1 aromatic carbocycles. The van der Waals surface area contributed by atoms with E-state index in [1.807, 2.05) is 37.3 Å². The van der Waals surface area contributed by atoms with Gasteiger partial charge in [-0.2, -0.15) is 0 Å². The molecule has 0 aliphatic carbocycles. The average Bonchev–Trinajstić information content (AvgIpc) is 3.18. The topological polar surface area (TPSA) is 70.2 Å². The van der Waals surface area contributed by atoms with Crippen molar-refractivity contribution < 1.29 is 4.79 Å². The Kier molecular flexibility index (Phi) is 4.84. The Labute approximate surface area is 154 Å². The highest BCUT2D eigenvalue weighted by atomic mass is 16.1. The molecular formula is C20H25N5O. The lowest BCUT2D eigenvalue weighted by Gasteiger charge is -2.26. The summed E-state index contributed by atoms with van der Waals surface area (Å²) in [6.45, 7) is 5.97. The van der Waals surface area contributed by atoms with E-state index >= 15 is 0 Å². The van der Waals surface area contributed by atoms with Crippen molar-refractivity contribution in [1.82, 2.24) is 20.6 Å². The highest BCUT2D eigenvalue weighted by Gasteiger charge is 2.31. The van der Waals surface area contributed by atoms with Gasteiger partial charge in [-0.05, 0) is 26.3 Å². The van der Waals surface area contributed by atoms with Gasteiger partial charge in [0, 0.05) is 37.3 Å². The molecule has 3 heterocycles. The standard InChI is InChI=1S/C20H25N5O/c1-2-22-20(26)15-9-11-25(13-15)19-16-8-10-21-12-17(16)23-18(24-19)14-6-4-3-5-7-14/h3-7,15,21H,2,8-13H2,1H3,(H,22,26)/t15-/m1/s1. The molecule has 26 heavy (non-hydrogen) atoms. The molecule has 1 amide bonds. The fourth-order valence-electron chi connectivity index (χ4n) is 3.80. The van der Waals surface area contributed by atoms with Crippen molar-refractivity contribution in [3.63, 3.8) is 0 Å². The molecule has 2 aliphatic rings. The lowest BCUT2D eigenvalue weighted by atomic mass is 10.1. The summed E-state index contributed by atoms with van der Waals surface area (Å²) in [5.41, 5.74) is 3.35. The monoisotopic (exact) mass is 351 g/mol. The van der Waals surface area contributed by atoms with Crippen LogP contribution in [0.15, 0.2) is 30.3 Å². The van der Waals surface area contributed by atoms with E-state index in [4.69, 9.17) is 9.97 Å². The summed E-state index contributed by atoms with van der Waals surface area (Å²) in [4.78, 5) is 24.2. The van der Waals surface area contributed by atoms with Crippen molar-refractivity contribution in [2.75, 3.05) is 31.1 Å². The van der Waals surface area contributed by atoms with Gasteiger partial charge in [0.25, 0.3) is 0 Å². The number of fused-ring (bicyclic) bond motifs is 1. The minimum Gasteiger partial charge on any atom is -0.356 e. The van der Waals surface area contributed by atoms with E-state index in [2.05, 4.69) is 15.5 Å². The van der Waals surface area contributed by atoms with Crippen molar-refractivity contribution >= 4 is 11.7 Å². The fraction of sp³-hybridized carbons (Fsp3) is 0.450. The zero-order valence-corrected chi connectivity index (χ0v) is 15.2. The molecule has 2 aromatic rings. The normalized spacial score (nSPS) is 19.3. The molecule has 1 atom stereocenters. The van der Waals surface area contributed by atoms with Gasteiger partial charge in [-0.15, -0.1) is 0 Å². The van der Waals surface area contributed by atoms with E-state index < -0.39 is 0 Å². The van der Waals surface area contributed by atoms with Crippen LogP contribution < -0.4 is 15.5 Å². The van der Waals surface area contributed by atoms with Gasteiger partial charge in [0.15, 0.2) is 5.82 Å². The number of benzene rings is 1. The lowest BCUT2D eigenvalue weighted by Crippen LogP contribution is -2.34. The first-order chi connectivity index (χ1) is 12.8. The van der Waals surface area contributed by atoms with Gasteiger partial charge in [0.05, 0.1) is 11.6 Å². The fourth-order valence-corrected chi connectivity index (χ4v) is 3.80. The predicted molar refractivity (Wildman–Crippen MR) is 102 cm³/mol. The van der Waals surface area contributed by atoms with Crippen LogP contribution in [0, 0.1) is 5.92 Å². The van der Waals surface area contributed by atoms with E-state index in [-0.39, 0.29) is 11.8 Å². The number of hydrogen-bond acceptors (Lipinski definition) is 5. The summed E-state index contributed by atoms with van der Waals surface area (Å²) in [5, 5.41) is 6.36. The maximum absolute atomic E-state index is 12.2. The Hall–Kier alpha value is -2.47. The van der Waals surface area contributed by atoms with E-state index in [1.54, 1.807) is 0 Å². The molecule has 6 nitrogen and oxygen atoms in total. The zero-order valence-electron chi connectivity index (χ0n) is 15.2. The highest BCUT2D eigenvalue weighted by Crippen LogP contribution is 2.31. The van der Waals surface area contributed by atoms with Gasteiger partial charge in [0.1, 0.15) is 5.82 Å². The summed E-state index contributed by atoms with van der Waals surface area (Å²) in [6, 6.07) is 10.1. The van der Waals surface area contributed by atoms with Gasteiger partial charge in [-0.25, -0.2) is 9.97 Å². The van der Waals surface area contributed by atoms with E-state index in [0.29, 0.717) is 6.54 Å². The first-order valence-electron chi connectivity index (χ1n) is 9.45. The molecule has 6 heteroatoms. The minimum absolute atomic E-state index is 0.0439. The smallest absolute Gasteiger partial charge is 0.224 e. The largest absolute Gasteiger partial charge is 0.356 e. The Morgan fingerprint density at radius 1 is 1.31 bits per heavy atom. The quantitative estimate of drug-likeness (QED) is 0.878. The summed E-state index contributed by atoms with van der Waals surface area (Å²) < 4.78 is 0. The van der Waals surface area contributed by atoms with Gasteiger partial charge in [-0.1, -0.05) is 30.3 Å². The molecule has 0 spiro atoms. The summed E-state index contributed by atoms with van der Waals surface area (Å²) in [7, 11) is 0. The second-order valence-corrected chi connectivity index (χ2v) is 6.92. The molecule has 1 aromatic heterocycles. The maximum Gasteiger partial charge on any atom is 0.224 e. The van der Waals surface area contributed by atoms with Gasteiger partial charge >= 0.3 is 0 Å². The van der Waals surface area contributed by atoms with Crippen LogP contribution in [-0.2, 0) is 17.8 Å². The number of carbonyl (C=O) groups is 1. The van der Waals surface area contributed by atoms with E-state index in [0.717, 1.165) is 61.9 Å². The Morgan fingerprint density at radius 2 is 2.15 bits per heavy atom. The first kappa shape index (κ1) is 17.0. The Balaban J connectivity index is 1.68. The SMILES string of the molecule is CCNC(=O)[C@@H]1CCN(c2nc(-c3ccccc3)nc3c2CCNC3)C1. The number of aromatic nitrogens is 2. The predicted octanol–water partition coefficient (Wildman–Crippen LogP) is 1.75. The molecule has 0 unspecified atom stereocenters. The second-order valence-electron chi connectivity index (χ2n) is 6.92.